The van der Waals surface area contributed by atoms with Crippen LogP contribution >= 0.6 is 15.9 Å². The molecule has 1 amide bonds. The number of hydrogen-bond acceptors (Lipinski definition) is 2. The molecule has 0 aliphatic rings. The number of nitrogens with one attached hydrogen (secondary N) is 1. The van der Waals surface area contributed by atoms with Crippen molar-refractivity contribution in [1.29, 1.82) is 0 Å². The van der Waals surface area contributed by atoms with Gasteiger partial charge in [0.25, 0.3) is 0 Å². The number of halogens is 1. The Morgan fingerprint density at radius 2 is 2.18 bits per heavy atom. The van der Waals surface area contributed by atoms with Crippen molar-refractivity contribution in [3.8, 4) is 0 Å². The summed E-state index contributed by atoms with van der Waals surface area (Å²) in [6, 6.07) is 6.22. The molecule has 0 radical (unpaired) electrons. The summed E-state index contributed by atoms with van der Waals surface area (Å²) < 4.78 is 1.08. The van der Waals surface area contributed by atoms with E-state index in [0.29, 0.717) is 13.1 Å². The summed E-state index contributed by atoms with van der Waals surface area (Å²) in [5.74, 6) is 0.121. The first kappa shape index (κ1) is 14.2. The number of hydrogen-bond donors (Lipinski definition) is 1. The van der Waals surface area contributed by atoms with Gasteiger partial charge in [0.1, 0.15) is 0 Å². The lowest BCUT2D eigenvalue weighted by Gasteiger charge is -2.15. The molecule has 0 atom stereocenters. The van der Waals surface area contributed by atoms with Crippen LogP contribution in [0.2, 0.25) is 0 Å². The SMILES string of the molecule is CCN(C)C(=O)CNCc1ccc(C)cc1Br. The Kier molecular flexibility index (Phi) is 5.65. The Labute approximate surface area is 111 Å². The number of carbonyl (C=O) groups is 1. The van der Waals surface area contributed by atoms with Crippen molar-refractivity contribution in [2.45, 2.75) is 20.4 Å². The second-order valence-electron chi connectivity index (χ2n) is 4.11. The van der Waals surface area contributed by atoms with Crippen LogP contribution in [0.5, 0.6) is 0 Å². The van der Waals surface area contributed by atoms with Gasteiger partial charge < -0.3 is 10.2 Å². The van der Waals surface area contributed by atoms with Crippen LogP contribution in [0.25, 0.3) is 0 Å². The van der Waals surface area contributed by atoms with Crippen molar-refractivity contribution in [2.75, 3.05) is 20.1 Å². The standard InChI is InChI=1S/C13H19BrN2O/c1-4-16(3)13(17)9-15-8-11-6-5-10(2)7-12(11)14/h5-7,15H,4,8-9H2,1-3H3. The third-order valence-corrected chi connectivity index (χ3v) is 3.44. The molecule has 0 fully saturated rings. The predicted molar refractivity (Wildman–Crippen MR) is 73.9 cm³/mol. The average molecular weight is 299 g/mol. The topological polar surface area (TPSA) is 32.3 Å². The molecule has 0 aliphatic carbocycles. The van der Waals surface area contributed by atoms with Gasteiger partial charge in [-0.05, 0) is 31.0 Å². The summed E-state index contributed by atoms with van der Waals surface area (Å²) >= 11 is 3.52. The van der Waals surface area contributed by atoms with E-state index in [0.717, 1.165) is 11.0 Å². The van der Waals surface area contributed by atoms with Crippen LogP contribution < -0.4 is 5.32 Å². The molecular formula is C13H19BrN2O. The maximum atomic E-state index is 11.6. The van der Waals surface area contributed by atoms with Crippen molar-refractivity contribution >= 4 is 21.8 Å². The molecule has 94 valence electrons. The number of nitrogens with zero attached hydrogens (tertiary/aromatic N) is 1. The summed E-state index contributed by atoms with van der Waals surface area (Å²) in [5, 5.41) is 3.16. The van der Waals surface area contributed by atoms with Crippen LogP contribution in [0.15, 0.2) is 22.7 Å². The summed E-state index contributed by atoms with van der Waals surface area (Å²) in [4.78, 5) is 13.3. The van der Waals surface area contributed by atoms with Gasteiger partial charge in [-0.1, -0.05) is 28.1 Å². The third-order valence-electron chi connectivity index (χ3n) is 2.70. The zero-order valence-corrected chi connectivity index (χ0v) is 12.2. The minimum absolute atomic E-state index is 0.121. The Balaban J connectivity index is 2.43. The zero-order valence-electron chi connectivity index (χ0n) is 10.6. The zero-order chi connectivity index (χ0) is 12.8. The van der Waals surface area contributed by atoms with E-state index in [1.807, 2.05) is 14.0 Å². The minimum atomic E-state index is 0.121. The lowest BCUT2D eigenvalue weighted by Crippen LogP contribution is -2.35. The molecule has 0 heterocycles. The highest BCUT2D eigenvalue weighted by atomic mass is 79.9. The van der Waals surface area contributed by atoms with Gasteiger partial charge >= 0.3 is 0 Å². The molecule has 1 aromatic carbocycles. The monoisotopic (exact) mass is 298 g/mol. The fraction of sp³-hybridized carbons (Fsp3) is 0.462. The molecule has 0 bridgehead atoms. The summed E-state index contributed by atoms with van der Waals surface area (Å²) in [6.45, 7) is 5.85. The van der Waals surface area contributed by atoms with Crippen molar-refractivity contribution in [3.63, 3.8) is 0 Å². The quantitative estimate of drug-likeness (QED) is 0.905. The molecular weight excluding hydrogens is 280 g/mol. The van der Waals surface area contributed by atoms with Gasteiger partial charge in [0.15, 0.2) is 0 Å². The number of benzene rings is 1. The molecule has 0 saturated carbocycles. The predicted octanol–water partition coefficient (Wildman–Crippen LogP) is 2.33. The second kappa shape index (κ2) is 6.77. The largest absolute Gasteiger partial charge is 0.345 e. The van der Waals surface area contributed by atoms with Crippen LogP contribution in [-0.2, 0) is 11.3 Å². The van der Waals surface area contributed by atoms with Gasteiger partial charge in [0.05, 0.1) is 6.54 Å². The Morgan fingerprint density at radius 1 is 1.47 bits per heavy atom. The lowest BCUT2D eigenvalue weighted by molar-refractivity contribution is -0.128. The van der Waals surface area contributed by atoms with Crippen molar-refractivity contribution in [2.24, 2.45) is 0 Å². The van der Waals surface area contributed by atoms with E-state index in [1.54, 1.807) is 4.90 Å². The van der Waals surface area contributed by atoms with E-state index in [4.69, 9.17) is 0 Å². The van der Waals surface area contributed by atoms with E-state index >= 15 is 0 Å². The molecule has 0 unspecified atom stereocenters. The molecule has 1 aromatic rings. The van der Waals surface area contributed by atoms with Crippen LogP contribution in [0.1, 0.15) is 18.1 Å². The van der Waals surface area contributed by atoms with Crippen LogP contribution in [0, 0.1) is 6.92 Å². The molecule has 4 heteroatoms. The molecule has 0 spiro atoms. The fourth-order valence-corrected chi connectivity index (χ4v) is 2.04. The Bertz CT molecular complexity index is 393. The van der Waals surface area contributed by atoms with Gasteiger partial charge in [-0.2, -0.15) is 0 Å². The molecule has 1 rings (SSSR count). The third kappa shape index (κ3) is 4.48. The van der Waals surface area contributed by atoms with Gasteiger partial charge in [-0.15, -0.1) is 0 Å². The molecule has 0 aliphatic heterocycles. The first-order chi connectivity index (χ1) is 8.04. The van der Waals surface area contributed by atoms with Crippen molar-refractivity contribution < 1.29 is 4.79 Å². The maximum absolute atomic E-state index is 11.6. The normalized spacial score (nSPS) is 10.4. The van der Waals surface area contributed by atoms with Crippen molar-refractivity contribution in [1.82, 2.24) is 10.2 Å². The van der Waals surface area contributed by atoms with E-state index < -0.39 is 0 Å². The lowest BCUT2D eigenvalue weighted by atomic mass is 10.1. The highest BCUT2D eigenvalue weighted by molar-refractivity contribution is 9.10. The van der Waals surface area contributed by atoms with Crippen LogP contribution in [0.3, 0.4) is 0 Å². The van der Waals surface area contributed by atoms with Gasteiger partial charge in [0.2, 0.25) is 5.91 Å². The fourth-order valence-electron chi connectivity index (χ4n) is 1.41. The Hall–Kier alpha value is -0.870. The minimum Gasteiger partial charge on any atom is -0.345 e. The van der Waals surface area contributed by atoms with Crippen LogP contribution in [-0.4, -0.2) is 30.9 Å². The first-order valence-corrected chi connectivity index (χ1v) is 6.53. The number of amides is 1. The molecule has 0 saturated heterocycles. The molecule has 3 nitrogen and oxygen atoms in total. The number of carbonyl (C=O) groups excluding carboxylic acids is 1. The molecule has 17 heavy (non-hydrogen) atoms. The Morgan fingerprint density at radius 3 is 2.76 bits per heavy atom. The van der Waals surface area contributed by atoms with Gasteiger partial charge in [-0.3, -0.25) is 4.79 Å². The van der Waals surface area contributed by atoms with Gasteiger partial charge in [0, 0.05) is 24.6 Å². The second-order valence-corrected chi connectivity index (χ2v) is 4.96. The smallest absolute Gasteiger partial charge is 0.236 e. The number of likely N-dealkylation sites (N-methyl/N-ethyl adjacent to an activating group) is 1. The van der Waals surface area contributed by atoms with Crippen molar-refractivity contribution in [3.05, 3.63) is 33.8 Å². The van der Waals surface area contributed by atoms with Gasteiger partial charge in [-0.25, -0.2) is 0 Å². The maximum Gasteiger partial charge on any atom is 0.236 e. The van der Waals surface area contributed by atoms with E-state index in [2.05, 4.69) is 46.4 Å². The highest BCUT2D eigenvalue weighted by Gasteiger charge is 2.06. The highest BCUT2D eigenvalue weighted by Crippen LogP contribution is 2.17. The molecule has 1 N–H and O–H groups in total. The summed E-state index contributed by atoms with van der Waals surface area (Å²) in [7, 11) is 1.81. The van der Waals surface area contributed by atoms with E-state index in [1.165, 1.54) is 11.1 Å². The number of aryl methyl sites for hydroxylation is 1. The first-order valence-electron chi connectivity index (χ1n) is 5.74. The van der Waals surface area contributed by atoms with Crippen LogP contribution in [0.4, 0.5) is 0 Å². The van der Waals surface area contributed by atoms with E-state index in [-0.39, 0.29) is 5.91 Å². The number of rotatable bonds is 5. The molecule has 0 aromatic heterocycles. The average Bonchev–Trinajstić information content (AvgIpc) is 2.30. The summed E-state index contributed by atoms with van der Waals surface area (Å²) in [6.07, 6.45) is 0. The summed E-state index contributed by atoms with van der Waals surface area (Å²) in [5.41, 5.74) is 2.39. The van der Waals surface area contributed by atoms with E-state index in [9.17, 15) is 4.79 Å².